The number of rotatable bonds is 2. The molecule has 0 N–H and O–H groups in total. The zero-order valence-corrected chi connectivity index (χ0v) is 10.6. The number of oxime groups is 1. The van der Waals surface area contributed by atoms with Gasteiger partial charge in [-0.05, 0) is 37.8 Å². The first kappa shape index (κ1) is 12.8. The Hall–Kier alpha value is -1.64. The summed E-state index contributed by atoms with van der Waals surface area (Å²) in [6.07, 6.45) is 8.06. The third-order valence-corrected chi connectivity index (χ3v) is 3.20. The summed E-state index contributed by atoms with van der Waals surface area (Å²) in [5.41, 5.74) is 1.58. The van der Waals surface area contributed by atoms with E-state index < -0.39 is 0 Å². The van der Waals surface area contributed by atoms with Crippen LogP contribution in [-0.2, 0) is 4.84 Å². The van der Waals surface area contributed by atoms with Gasteiger partial charge in [-0.25, -0.2) is 4.79 Å². The van der Waals surface area contributed by atoms with Gasteiger partial charge in [0, 0.05) is 0 Å². The lowest BCUT2D eigenvalue weighted by Gasteiger charge is -2.09. The number of carbonyl (C=O) groups is 1. The molecule has 1 aromatic rings. The van der Waals surface area contributed by atoms with Crippen LogP contribution in [0, 0.1) is 0 Å². The molecular formula is C15H19NO2. The van der Waals surface area contributed by atoms with Crippen LogP contribution in [0.25, 0.3) is 0 Å². The summed E-state index contributed by atoms with van der Waals surface area (Å²) in [7, 11) is 0. The Labute approximate surface area is 108 Å². The average Bonchev–Trinajstić information content (AvgIpc) is 2.38. The van der Waals surface area contributed by atoms with Gasteiger partial charge < -0.3 is 4.84 Å². The standard InChI is InChI=1S/C15H19NO2/c17-15(13-9-5-4-6-10-13)18-16-14-11-7-2-1-3-8-12-14/h4-6,9-10H,1-3,7-8,11-12H2. The Morgan fingerprint density at radius 2 is 1.56 bits per heavy atom. The van der Waals surface area contributed by atoms with E-state index in [-0.39, 0.29) is 5.97 Å². The smallest absolute Gasteiger partial charge is 0.313 e. The van der Waals surface area contributed by atoms with E-state index in [9.17, 15) is 4.79 Å². The molecule has 1 fully saturated rings. The molecule has 0 saturated heterocycles. The normalized spacial score (nSPS) is 16.6. The number of hydrogen-bond acceptors (Lipinski definition) is 3. The van der Waals surface area contributed by atoms with Crippen molar-refractivity contribution in [1.82, 2.24) is 0 Å². The Bertz CT molecular complexity index is 402. The molecule has 0 spiro atoms. The van der Waals surface area contributed by atoms with Crippen LogP contribution in [0.2, 0.25) is 0 Å². The quantitative estimate of drug-likeness (QED) is 0.584. The third kappa shape index (κ3) is 3.99. The highest BCUT2D eigenvalue weighted by molar-refractivity contribution is 5.90. The zero-order chi connectivity index (χ0) is 12.6. The van der Waals surface area contributed by atoms with Crippen LogP contribution < -0.4 is 0 Å². The van der Waals surface area contributed by atoms with Gasteiger partial charge in [-0.2, -0.15) is 0 Å². The molecule has 0 aliphatic heterocycles. The predicted octanol–water partition coefficient (Wildman–Crippen LogP) is 3.94. The monoisotopic (exact) mass is 245 g/mol. The van der Waals surface area contributed by atoms with Gasteiger partial charge >= 0.3 is 5.97 Å². The van der Waals surface area contributed by atoms with Gasteiger partial charge in [0.2, 0.25) is 0 Å². The van der Waals surface area contributed by atoms with Gasteiger partial charge in [0.15, 0.2) is 0 Å². The van der Waals surface area contributed by atoms with Crippen LogP contribution in [0.1, 0.15) is 55.3 Å². The van der Waals surface area contributed by atoms with E-state index in [0.717, 1.165) is 31.4 Å². The summed E-state index contributed by atoms with van der Waals surface area (Å²) in [6.45, 7) is 0. The van der Waals surface area contributed by atoms with E-state index in [1.54, 1.807) is 12.1 Å². The van der Waals surface area contributed by atoms with Gasteiger partial charge in [0.1, 0.15) is 0 Å². The van der Waals surface area contributed by atoms with Crippen LogP contribution in [0.4, 0.5) is 0 Å². The van der Waals surface area contributed by atoms with Gasteiger partial charge in [0.05, 0.1) is 11.3 Å². The molecule has 0 heterocycles. The van der Waals surface area contributed by atoms with Gasteiger partial charge in [-0.1, -0.05) is 42.6 Å². The van der Waals surface area contributed by atoms with Crippen molar-refractivity contribution >= 4 is 11.7 Å². The van der Waals surface area contributed by atoms with E-state index in [1.165, 1.54) is 19.3 Å². The van der Waals surface area contributed by atoms with Crippen molar-refractivity contribution in [2.75, 3.05) is 0 Å². The molecular weight excluding hydrogens is 226 g/mol. The van der Waals surface area contributed by atoms with Crippen LogP contribution in [0.3, 0.4) is 0 Å². The highest BCUT2D eigenvalue weighted by Gasteiger charge is 2.09. The van der Waals surface area contributed by atoms with E-state index in [0.29, 0.717) is 5.56 Å². The molecule has 1 aliphatic rings. The topological polar surface area (TPSA) is 38.7 Å². The van der Waals surface area contributed by atoms with Crippen LogP contribution in [0.15, 0.2) is 35.5 Å². The highest BCUT2D eigenvalue weighted by atomic mass is 16.7. The molecule has 1 aromatic carbocycles. The maximum atomic E-state index is 11.7. The number of nitrogens with zero attached hydrogens (tertiary/aromatic N) is 1. The highest BCUT2D eigenvalue weighted by Crippen LogP contribution is 2.15. The minimum absolute atomic E-state index is 0.370. The number of benzene rings is 1. The molecule has 3 heteroatoms. The summed E-state index contributed by atoms with van der Waals surface area (Å²) in [5.74, 6) is -0.370. The number of carbonyl (C=O) groups excluding carboxylic acids is 1. The molecule has 1 aliphatic carbocycles. The largest absolute Gasteiger partial charge is 0.365 e. The second kappa shape index (κ2) is 6.94. The molecule has 0 radical (unpaired) electrons. The number of hydrogen-bond donors (Lipinski definition) is 0. The van der Waals surface area contributed by atoms with Crippen LogP contribution in [-0.4, -0.2) is 11.7 Å². The van der Waals surface area contributed by atoms with Crippen LogP contribution >= 0.6 is 0 Å². The lowest BCUT2D eigenvalue weighted by Crippen LogP contribution is -2.06. The van der Waals surface area contributed by atoms with Gasteiger partial charge in [-0.15, -0.1) is 0 Å². The second-order valence-electron chi connectivity index (χ2n) is 4.67. The Morgan fingerprint density at radius 3 is 2.22 bits per heavy atom. The average molecular weight is 245 g/mol. The SMILES string of the molecule is O=C(ON=C1CCCCCCC1)c1ccccc1. The first-order chi connectivity index (χ1) is 8.86. The van der Waals surface area contributed by atoms with E-state index >= 15 is 0 Å². The Kier molecular flexibility index (Phi) is 4.94. The van der Waals surface area contributed by atoms with E-state index in [4.69, 9.17) is 4.84 Å². The lowest BCUT2D eigenvalue weighted by atomic mass is 9.99. The van der Waals surface area contributed by atoms with Crippen molar-refractivity contribution in [3.63, 3.8) is 0 Å². The molecule has 96 valence electrons. The summed E-state index contributed by atoms with van der Waals surface area (Å²) in [5, 5.41) is 4.03. The van der Waals surface area contributed by atoms with Gasteiger partial charge in [0.25, 0.3) is 0 Å². The van der Waals surface area contributed by atoms with E-state index in [1.807, 2.05) is 18.2 Å². The molecule has 2 rings (SSSR count). The first-order valence-electron chi connectivity index (χ1n) is 6.68. The fraction of sp³-hybridized carbons (Fsp3) is 0.467. The zero-order valence-electron chi connectivity index (χ0n) is 10.6. The minimum Gasteiger partial charge on any atom is -0.313 e. The molecule has 0 amide bonds. The Balaban J connectivity index is 1.90. The summed E-state index contributed by atoms with van der Waals surface area (Å²) < 4.78 is 0. The van der Waals surface area contributed by atoms with Crippen molar-refractivity contribution in [2.24, 2.45) is 5.16 Å². The fourth-order valence-corrected chi connectivity index (χ4v) is 2.14. The summed E-state index contributed by atoms with van der Waals surface area (Å²) in [4.78, 5) is 16.7. The molecule has 0 aromatic heterocycles. The van der Waals surface area contributed by atoms with Crippen LogP contribution in [0.5, 0.6) is 0 Å². The molecule has 3 nitrogen and oxygen atoms in total. The van der Waals surface area contributed by atoms with Crippen molar-refractivity contribution in [1.29, 1.82) is 0 Å². The summed E-state index contributed by atoms with van der Waals surface area (Å²) in [6, 6.07) is 8.98. The molecule has 18 heavy (non-hydrogen) atoms. The minimum atomic E-state index is -0.370. The fourth-order valence-electron chi connectivity index (χ4n) is 2.14. The third-order valence-electron chi connectivity index (χ3n) is 3.20. The second-order valence-corrected chi connectivity index (χ2v) is 4.67. The maximum absolute atomic E-state index is 11.7. The summed E-state index contributed by atoms with van der Waals surface area (Å²) >= 11 is 0. The molecule has 1 saturated carbocycles. The predicted molar refractivity (Wildman–Crippen MR) is 71.6 cm³/mol. The van der Waals surface area contributed by atoms with Gasteiger partial charge in [-0.3, -0.25) is 0 Å². The van der Waals surface area contributed by atoms with Crippen molar-refractivity contribution in [2.45, 2.75) is 44.9 Å². The Morgan fingerprint density at radius 1 is 0.944 bits per heavy atom. The molecule has 0 unspecified atom stereocenters. The van der Waals surface area contributed by atoms with Crippen molar-refractivity contribution < 1.29 is 9.63 Å². The van der Waals surface area contributed by atoms with Crippen molar-refractivity contribution in [3.8, 4) is 0 Å². The maximum Gasteiger partial charge on any atom is 0.365 e. The first-order valence-corrected chi connectivity index (χ1v) is 6.68. The molecule has 0 bridgehead atoms. The van der Waals surface area contributed by atoms with Crippen molar-refractivity contribution in [3.05, 3.63) is 35.9 Å². The lowest BCUT2D eigenvalue weighted by molar-refractivity contribution is 0.0514. The molecule has 0 atom stereocenters. The van der Waals surface area contributed by atoms with E-state index in [2.05, 4.69) is 5.16 Å².